The van der Waals surface area contributed by atoms with Crippen LogP contribution in [0.25, 0.3) is 5.65 Å². The molecule has 27 heavy (non-hydrogen) atoms. The molecule has 1 aliphatic rings. The second kappa shape index (κ2) is 6.42. The molecule has 0 N–H and O–H groups in total. The summed E-state index contributed by atoms with van der Waals surface area (Å²) in [6.07, 6.45) is 0.943. The fourth-order valence-corrected chi connectivity index (χ4v) is 3.16. The monoisotopic (exact) mass is 373 g/mol. The number of nitriles is 1. The molecule has 0 radical (unpaired) electrons. The van der Waals surface area contributed by atoms with E-state index in [1.165, 1.54) is 16.8 Å². The molecule has 0 bridgehead atoms. The lowest BCUT2D eigenvalue weighted by Gasteiger charge is -2.36. The molecule has 4 rings (SSSR count). The third-order valence-corrected chi connectivity index (χ3v) is 4.46. The van der Waals surface area contributed by atoms with Crippen LogP contribution in [0.15, 0.2) is 36.9 Å². The Bertz CT molecular complexity index is 1010. The highest BCUT2D eigenvalue weighted by atomic mass is 19.4. The molecule has 1 fully saturated rings. The molecule has 3 aromatic rings. The number of rotatable bonds is 2. The van der Waals surface area contributed by atoms with Gasteiger partial charge in [0.05, 0.1) is 5.69 Å². The zero-order chi connectivity index (χ0) is 19.0. The van der Waals surface area contributed by atoms with Crippen LogP contribution in [0.3, 0.4) is 0 Å². The van der Waals surface area contributed by atoms with Crippen molar-refractivity contribution >= 4 is 17.2 Å². The van der Waals surface area contributed by atoms with Gasteiger partial charge in [0.2, 0.25) is 0 Å². The van der Waals surface area contributed by atoms with Gasteiger partial charge in [0.1, 0.15) is 6.07 Å². The highest BCUT2D eigenvalue weighted by Gasteiger charge is 2.34. The first-order valence-corrected chi connectivity index (χ1v) is 8.23. The van der Waals surface area contributed by atoms with Crippen LogP contribution in [-0.4, -0.2) is 45.5 Å². The average molecular weight is 373 g/mol. The van der Waals surface area contributed by atoms with Gasteiger partial charge >= 0.3 is 6.18 Å². The molecule has 3 aromatic heterocycles. The number of nitrogens with zero attached hydrogens (tertiary/aromatic N) is 7. The van der Waals surface area contributed by atoms with E-state index in [1.54, 1.807) is 12.3 Å². The van der Waals surface area contributed by atoms with Crippen molar-refractivity contribution in [2.45, 2.75) is 6.18 Å². The maximum atomic E-state index is 13.0. The van der Waals surface area contributed by atoms with Gasteiger partial charge in [-0.1, -0.05) is 0 Å². The lowest BCUT2D eigenvalue weighted by atomic mass is 10.2. The lowest BCUT2D eigenvalue weighted by Crippen LogP contribution is -2.47. The first-order chi connectivity index (χ1) is 13.0. The number of aromatic nitrogens is 4. The zero-order valence-electron chi connectivity index (χ0n) is 14.1. The molecule has 4 heterocycles. The summed E-state index contributed by atoms with van der Waals surface area (Å²) in [5.74, 6) is 0.416. The number of halogens is 3. The first-order valence-electron chi connectivity index (χ1n) is 8.23. The number of imidazole rings is 1. The number of hydrogen-bond donors (Lipinski definition) is 0. The number of fused-ring (bicyclic) bond motifs is 1. The fraction of sp³-hybridized carbons (Fsp3) is 0.294. The Hall–Kier alpha value is -3.35. The molecule has 0 amide bonds. The van der Waals surface area contributed by atoms with Crippen LogP contribution in [0.5, 0.6) is 0 Å². The molecule has 0 saturated carbocycles. The molecular weight excluding hydrogens is 359 g/mol. The van der Waals surface area contributed by atoms with Gasteiger partial charge in [-0.05, 0) is 12.1 Å². The van der Waals surface area contributed by atoms with Crippen molar-refractivity contribution in [1.82, 2.24) is 19.4 Å². The van der Waals surface area contributed by atoms with E-state index < -0.39 is 11.9 Å². The van der Waals surface area contributed by atoms with E-state index in [0.717, 1.165) is 11.9 Å². The summed E-state index contributed by atoms with van der Waals surface area (Å²) in [6, 6.07) is 5.69. The molecule has 1 saturated heterocycles. The normalized spacial score (nSPS) is 15.2. The van der Waals surface area contributed by atoms with E-state index in [9.17, 15) is 18.4 Å². The van der Waals surface area contributed by atoms with E-state index >= 15 is 0 Å². The second-order valence-electron chi connectivity index (χ2n) is 6.06. The van der Waals surface area contributed by atoms with Crippen LogP contribution in [0.4, 0.5) is 24.7 Å². The Morgan fingerprint density at radius 1 is 1.04 bits per heavy atom. The summed E-state index contributed by atoms with van der Waals surface area (Å²) in [4.78, 5) is 16.0. The van der Waals surface area contributed by atoms with Gasteiger partial charge in [-0.2, -0.15) is 18.4 Å². The standard InChI is InChI=1S/C17H14F3N7/c18-17(19,20)14-11-27-5-4-23-15(16(27)24-14)26-8-6-25(7-9-26)13-2-1-3-22-12(13)10-21/h1-5,11H,6-9H2. The molecule has 0 spiro atoms. The number of alkyl halides is 3. The SMILES string of the molecule is N#Cc1ncccc1N1CCN(c2nccn3cc(C(F)(F)F)nc23)CC1. The molecule has 0 atom stereocenters. The summed E-state index contributed by atoms with van der Waals surface area (Å²) in [7, 11) is 0. The Labute approximate surface area is 152 Å². The van der Waals surface area contributed by atoms with Gasteiger partial charge < -0.3 is 14.2 Å². The quantitative estimate of drug-likeness (QED) is 0.687. The van der Waals surface area contributed by atoms with Crippen LogP contribution >= 0.6 is 0 Å². The molecule has 138 valence electrons. The molecular formula is C17H14F3N7. The summed E-state index contributed by atoms with van der Waals surface area (Å²) >= 11 is 0. The Morgan fingerprint density at radius 3 is 2.48 bits per heavy atom. The van der Waals surface area contributed by atoms with E-state index in [-0.39, 0.29) is 5.65 Å². The minimum Gasteiger partial charge on any atom is -0.366 e. The van der Waals surface area contributed by atoms with E-state index in [2.05, 4.69) is 21.0 Å². The number of anilines is 2. The van der Waals surface area contributed by atoms with Crippen molar-refractivity contribution < 1.29 is 13.2 Å². The first kappa shape index (κ1) is 17.1. The minimum absolute atomic E-state index is 0.178. The predicted octanol–water partition coefficient (Wildman–Crippen LogP) is 2.34. The Morgan fingerprint density at radius 2 is 1.78 bits per heavy atom. The van der Waals surface area contributed by atoms with E-state index in [1.807, 2.05) is 15.9 Å². The number of hydrogen-bond acceptors (Lipinski definition) is 6. The number of pyridine rings is 1. The molecule has 7 nitrogen and oxygen atoms in total. The van der Waals surface area contributed by atoms with Crippen molar-refractivity contribution in [2.24, 2.45) is 0 Å². The number of piperazine rings is 1. The highest BCUT2D eigenvalue weighted by Crippen LogP contribution is 2.30. The van der Waals surface area contributed by atoms with Crippen LogP contribution in [-0.2, 0) is 6.18 Å². The lowest BCUT2D eigenvalue weighted by molar-refractivity contribution is -0.140. The Kier molecular flexibility index (Phi) is 4.07. The second-order valence-corrected chi connectivity index (χ2v) is 6.06. The topological polar surface area (TPSA) is 73.4 Å². The molecule has 0 aromatic carbocycles. The van der Waals surface area contributed by atoms with Crippen LogP contribution in [0.2, 0.25) is 0 Å². The summed E-state index contributed by atoms with van der Waals surface area (Å²) in [6.45, 7) is 2.27. The summed E-state index contributed by atoms with van der Waals surface area (Å²) in [5.41, 5.74) is 0.349. The van der Waals surface area contributed by atoms with Crippen LogP contribution < -0.4 is 9.80 Å². The molecule has 0 unspecified atom stereocenters. The van der Waals surface area contributed by atoms with E-state index in [4.69, 9.17) is 0 Å². The maximum absolute atomic E-state index is 13.0. The van der Waals surface area contributed by atoms with Crippen molar-refractivity contribution in [1.29, 1.82) is 5.26 Å². The van der Waals surface area contributed by atoms with Gasteiger partial charge in [-0.25, -0.2) is 15.0 Å². The summed E-state index contributed by atoms with van der Waals surface area (Å²) < 4.78 is 40.2. The summed E-state index contributed by atoms with van der Waals surface area (Å²) in [5, 5.41) is 9.20. The van der Waals surface area contributed by atoms with Gasteiger partial charge in [0.25, 0.3) is 0 Å². The molecule has 1 aliphatic heterocycles. The Balaban J connectivity index is 1.58. The smallest absolute Gasteiger partial charge is 0.366 e. The third kappa shape index (κ3) is 3.12. The largest absolute Gasteiger partial charge is 0.434 e. The van der Waals surface area contributed by atoms with Crippen molar-refractivity contribution in [3.8, 4) is 6.07 Å². The van der Waals surface area contributed by atoms with Crippen molar-refractivity contribution in [2.75, 3.05) is 36.0 Å². The van der Waals surface area contributed by atoms with Crippen LogP contribution in [0, 0.1) is 11.3 Å². The maximum Gasteiger partial charge on any atom is 0.434 e. The van der Waals surface area contributed by atoms with Gasteiger partial charge in [0.15, 0.2) is 22.9 Å². The molecule has 0 aliphatic carbocycles. The minimum atomic E-state index is -4.50. The average Bonchev–Trinajstić information content (AvgIpc) is 3.13. The van der Waals surface area contributed by atoms with Gasteiger partial charge in [-0.15, -0.1) is 0 Å². The van der Waals surface area contributed by atoms with Crippen molar-refractivity contribution in [3.05, 3.63) is 48.3 Å². The van der Waals surface area contributed by atoms with Gasteiger partial charge in [0, 0.05) is 51.0 Å². The van der Waals surface area contributed by atoms with Crippen LogP contribution in [0.1, 0.15) is 11.4 Å². The van der Waals surface area contributed by atoms with Gasteiger partial charge in [-0.3, -0.25) is 0 Å². The molecule has 10 heteroatoms. The zero-order valence-corrected chi connectivity index (χ0v) is 14.1. The predicted molar refractivity (Wildman–Crippen MR) is 91.4 cm³/mol. The fourth-order valence-electron chi connectivity index (χ4n) is 3.16. The third-order valence-electron chi connectivity index (χ3n) is 4.46. The van der Waals surface area contributed by atoms with E-state index in [0.29, 0.717) is 37.7 Å². The highest BCUT2D eigenvalue weighted by molar-refractivity contribution is 5.66. The van der Waals surface area contributed by atoms with Crippen molar-refractivity contribution in [3.63, 3.8) is 0 Å².